The van der Waals surface area contributed by atoms with Crippen molar-refractivity contribution in [2.45, 2.75) is 87.0 Å². The number of amides is 2. The second-order valence-corrected chi connectivity index (χ2v) is 19.3. The summed E-state index contributed by atoms with van der Waals surface area (Å²) in [6.45, 7) is 4.44. The van der Waals surface area contributed by atoms with Gasteiger partial charge in [0.2, 0.25) is 5.91 Å². The van der Waals surface area contributed by atoms with Gasteiger partial charge in [0, 0.05) is 69.3 Å². The molecule has 3 fully saturated rings. The van der Waals surface area contributed by atoms with Crippen LogP contribution in [0.3, 0.4) is 0 Å². The lowest BCUT2D eigenvalue weighted by atomic mass is 9.85. The van der Waals surface area contributed by atoms with E-state index in [4.69, 9.17) is 26.3 Å². The fourth-order valence-corrected chi connectivity index (χ4v) is 9.70. The summed E-state index contributed by atoms with van der Waals surface area (Å²) in [4.78, 5) is 32.4. The van der Waals surface area contributed by atoms with Gasteiger partial charge in [0.25, 0.3) is 5.91 Å². The third-order valence-corrected chi connectivity index (χ3v) is 13.9. The van der Waals surface area contributed by atoms with Crippen molar-refractivity contribution in [3.8, 4) is 17.6 Å². The van der Waals surface area contributed by atoms with Crippen molar-refractivity contribution in [3.05, 3.63) is 88.9 Å². The number of anilines is 1. The molecule has 0 spiro atoms. The maximum atomic E-state index is 13.0. The summed E-state index contributed by atoms with van der Waals surface area (Å²) >= 11 is 6.16. The molecule has 2 N–H and O–H groups in total. The summed E-state index contributed by atoms with van der Waals surface area (Å²) in [5, 5.41) is 24.5. The van der Waals surface area contributed by atoms with Gasteiger partial charge in [-0.15, -0.1) is 10.2 Å². The molecular weight excluding hydrogens is 816 g/mol. The Labute approximate surface area is 362 Å². The minimum atomic E-state index is -3.46. The predicted molar refractivity (Wildman–Crippen MR) is 232 cm³/mol. The number of fused-ring (bicyclic) bond motifs is 1. The second kappa shape index (κ2) is 18.4. The number of halogens is 1. The molecule has 1 saturated heterocycles. The van der Waals surface area contributed by atoms with Crippen LogP contribution in [0, 0.1) is 23.2 Å². The van der Waals surface area contributed by atoms with E-state index in [2.05, 4.69) is 36.7 Å². The Morgan fingerprint density at radius 1 is 1.02 bits per heavy atom. The van der Waals surface area contributed by atoms with E-state index >= 15 is 0 Å². The Hall–Kier alpha value is -5.17. The number of unbranched alkanes of at least 4 members (excludes halogenated alkanes) is 1. The molecule has 8 rings (SSSR count). The van der Waals surface area contributed by atoms with Crippen molar-refractivity contribution >= 4 is 44.6 Å². The molecule has 1 aromatic heterocycles. The van der Waals surface area contributed by atoms with Crippen LogP contribution >= 0.6 is 11.6 Å². The zero-order valence-electron chi connectivity index (χ0n) is 34.6. The summed E-state index contributed by atoms with van der Waals surface area (Å²) in [5.74, 6) is 2.06. The van der Waals surface area contributed by atoms with Gasteiger partial charge in [0.15, 0.2) is 21.3 Å². The number of nitriles is 1. The van der Waals surface area contributed by atoms with Gasteiger partial charge in [-0.3, -0.25) is 14.5 Å². The van der Waals surface area contributed by atoms with Gasteiger partial charge in [-0.05, 0) is 124 Å². The maximum absolute atomic E-state index is 13.0. The average molecular weight is 869 g/mol. The SMILES string of the molecule is CN1C=C(c2cc(S(C)(=O)=O)ccc2OC(CCCCN2CCN(c3ccc(C(=O)NC4CCC(Oc5ccc(C#N)c(Cl)c5)CC4)nn3)CC2)C2CC2)C2C=CNC2C1=O. The molecule has 14 nitrogen and oxygen atoms in total. The van der Waals surface area contributed by atoms with Gasteiger partial charge in [-0.2, -0.15) is 5.26 Å². The van der Waals surface area contributed by atoms with E-state index in [1.165, 1.54) is 6.26 Å². The van der Waals surface area contributed by atoms with Gasteiger partial charge in [0.05, 0.1) is 21.6 Å². The number of likely N-dealkylation sites (N-methyl/N-ethyl adjacent to an activating group) is 1. The molecule has 3 unspecified atom stereocenters. The fourth-order valence-electron chi connectivity index (χ4n) is 8.84. The van der Waals surface area contributed by atoms with E-state index in [1.54, 1.807) is 60.6 Å². The molecule has 61 heavy (non-hydrogen) atoms. The lowest BCUT2D eigenvalue weighted by Crippen LogP contribution is -2.47. The number of hydrogen-bond acceptors (Lipinski definition) is 12. The Bertz CT molecular complexity index is 2320. The molecule has 2 aliphatic carbocycles. The van der Waals surface area contributed by atoms with Crippen LogP contribution in [0.5, 0.6) is 11.5 Å². The lowest BCUT2D eigenvalue weighted by Gasteiger charge is -2.35. The molecule has 5 aliphatic rings. The van der Waals surface area contributed by atoms with Gasteiger partial charge < -0.3 is 29.9 Å². The van der Waals surface area contributed by atoms with Crippen LogP contribution in [-0.2, 0) is 14.6 Å². The van der Waals surface area contributed by atoms with Crippen LogP contribution in [0.15, 0.2) is 71.9 Å². The monoisotopic (exact) mass is 868 g/mol. The van der Waals surface area contributed by atoms with Gasteiger partial charge in [-0.1, -0.05) is 17.7 Å². The standard InChI is InChI=1S/C45H53ClN8O6S/c1-52-28-37(35-18-19-48-43(35)45(52)56)36-26-34(61(2,57)58)14-16-41(36)60-40(29-6-7-29)5-3-4-20-53-21-23-54(24-22-53)42-17-15-39(50-51-42)44(55)49-31-9-12-32(13-10-31)59-33-11-8-30(27-47)38(46)25-33/h8,11,14-19,25-26,28-29,31-32,35,40,43,48H,3-7,9-10,12-13,20-24H2,1-2H3,(H,49,55). The fraction of sp³-hybridized carbons (Fsp3) is 0.489. The van der Waals surface area contributed by atoms with Gasteiger partial charge >= 0.3 is 0 Å². The largest absolute Gasteiger partial charge is 0.490 e. The first-order valence-corrected chi connectivity index (χ1v) is 23.6. The maximum Gasteiger partial charge on any atom is 0.272 e. The van der Waals surface area contributed by atoms with Crippen molar-refractivity contribution in [1.29, 1.82) is 5.26 Å². The van der Waals surface area contributed by atoms with E-state index in [0.29, 0.717) is 39.3 Å². The van der Waals surface area contributed by atoms with Crippen LogP contribution in [0.2, 0.25) is 5.02 Å². The van der Waals surface area contributed by atoms with E-state index in [0.717, 1.165) is 102 Å². The lowest BCUT2D eigenvalue weighted by molar-refractivity contribution is -0.130. The Kier molecular flexibility index (Phi) is 12.9. The molecule has 322 valence electrons. The minimum Gasteiger partial charge on any atom is -0.490 e. The van der Waals surface area contributed by atoms with Gasteiger partial charge in [-0.25, -0.2) is 8.42 Å². The molecule has 0 bridgehead atoms. The average Bonchev–Trinajstić information content (AvgIpc) is 3.99. The highest BCUT2D eigenvalue weighted by Gasteiger charge is 2.40. The van der Waals surface area contributed by atoms with E-state index in [1.807, 2.05) is 18.3 Å². The summed E-state index contributed by atoms with van der Waals surface area (Å²) in [7, 11) is -1.74. The minimum absolute atomic E-state index is 0.0201. The van der Waals surface area contributed by atoms with E-state index in [9.17, 15) is 18.0 Å². The molecule has 0 radical (unpaired) electrons. The zero-order chi connectivity index (χ0) is 42.7. The zero-order valence-corrected chi connectivity index (χ0v) is 36.2. The van der Waals surface area contributed by atoms with Crippen LogP contribution in [-0.4, -0.2) is 111 Å². The quantitative estimate of drug-likeness (QED) is 0.182. The number of sulfone groups is 1. The van der Waals surface area contributed by atoms with Crippen LogP contribution in [0.25, 0.3) is 5.57 Å². The second-order valence-electron chi connectivity index (χ2n) is 16.9. The van der Waals surface area contributed by atoms with Crippen molar-refractivity contribution < 1.29 is 27.5 Å². The van der Waals surface area contributed by atoms with Crippen molar-refractivity contribution in [2.75, 3.05) is 50.9 Å². The number of ether oxygens (including phenoxy) is 2. The topological polar surface area (TPSA) is 170 Å². The van der Waals surface area contributed by atoms with Crippen LogP contribution in [0.1, 0.15) is 79.4 Å². The number of benzene rings is 2. The number of nitrogens with zero attached hydrogens (tertiary/aromatic N) is 6. The Morgan fingerprint density at radius 2 is 1.80 bits per heavy atom. The molecule has 2 amide bonds. The summed E-state index contributed by atoms with van der Waals surface area (Å²) in [6.07, 6.45) is 15.2. The van der Waals surface area contributed by atoms with E-state index in [-0.39, 0.29) is 40.9 Å². The van der Waals surface area contributed by atoms with Gasteiger partial charge in [0.1, 0.15) is 29.7 Å². The van der Waals surface area contributed by atoms with E-state index < -0.39 is 15.9 Å². The van der Waals surface area contributed by atoms with Crippen molar-refractivity contribution in [3.63, 3.8) is 0 Å². The third kappa shape index (κ3) is 10.1. The van der Waals surface area contributed by atoms with Crippen molar-refractivity contribution in [1.82, 2.24) is 30.6 Å². The molecule has 16 heteroatoms. The number of aromatic nitrogens is 2. The summed E-state index contributed by atoms with van der Waals surface area (Å²) in [5.41, 5.74) is 2.29. The number of rotatable bonds is 15. The highest BCUT2D eigenvalue weighted by molar-refractivity contribution is 7.90. The number of carbonyl (C=O) groups excluding carboxylic acids is 2. The smallest absolute Gasteiger partial charge is 0.272 e. The Balaban J connectivity index is 0.780. The molecule has 3 aromatic rings. The first-order valence-electron chi connectivity index (χ1n) is 21.3. The molecule has 3 aliphatic heterocycles. The summed E-state index contributed by atoms with van der Waals surface area (Å²) in [6, 6.07) is 15.5. The highest BCUT2D eigenvalue weighted by Crippen LogP contribution is 2.43. The Morgan fingerprint density at radius 3 is 2.49 bits per heavy atom. The molecule has 4 heterocycles. The highest BCUT2D eigenvalue weighted by atomic mass is 35.5. The number of hydrogen-bond donors (Lipinski definition) is 2. The van der Waals surface area contributed by atoms with Crippen LogP contribution < -0.4 is 25.0 Å². The molecular formula is C45H53ClN8O6S. The first kappa shape index (κ1) is 42.5. The normalized spacial score (nSPS) is 23.4. The molecule has 3 atom stereocenters. The van der Waals surface area contributed by atoms with Crippen LogP contribution in [0.4, 0.5) is 5.82 Å². The summed E-state index contributed by atoms with van der Waals surface area (Å²) < 4.78 is 38.1. The number of carbonyl (C=O) groups is 2. The van der Waals surface area contributed by atoms with Crippen molar-refractivity contribution in [2.24, 2.45) is 11.8 Å². The predicted octanol–water partition coefficient (Wildman–Crippen LogP) is 5.59. The molecule has 2 aromatic carbocycles. The number of piperazine rings is 1. The molecule has 2 saturated carbocycles. The third-order valence-electron chi connectivity index (χ3n) is 12.5. The number of nitrogens with one attached hydrogen (secondary N) is 2. The first-order chi connectivity index (χ1) is 29.4.